The largest absolute Gasteiger partial charge is 0.508 e. The number of aromatic hydroxyl groups is 1. The molecule has 6 nitrogen and oxygen atoms in total. The Labute approximate surface area is 106 Å². The number of nitrogens with zero attached hydrogens (tertiary/aromatic N) is 1. The van der Waals surface area contributed by atoms with E-state index in [2.05, 4.69) is 5.32 Å². The van der Waals surface area contributed by atoms with Crippen molar-refractivity contribution in [3.05, 3.63) is 28.3 Å². The molecule has 0 saturated heterocycles. The lowest BCUT2D eigenvalue weighted by Crippen LogP contribution is -2.30. The van der Waals surface area contributed by atoms with Gasteiger partial charge in [-0.25, -0.2) is 0 Å². The summed E-state index contributed by atoms with van der Waals surface area (Å²) in [6.45, 7) is 4.46. The summed E-state index contributed by atoms with van der Waals surface area (Å²) in [6, 6.07) is 4.02. The van der Waals surface area contributed by atoms with Crippen LogP contribution in [0.3, 0.4) is 0 Å². The minimum atomic E-state index is -0.522. The van der Waals surface area contributed by atoms with E-state index in [1.54, 1.807) is 7.11 Å². The van der Waals surface area contributed by atoms with Crippen LogP contribution in [-0.4, -0.2) is 29.8 Å². The lowest BCUT2D eigenvalue weighted by atomic mass is 10.0. The third kappa shape index (κ3) is 3.59. The first-order valence-electron chi connectivity index (χ1n) is 5.68. The number of phenols is 1. The van der Waals surface area contributed by atoms with Gasteiger partial charge < -0.3 is 15.2 Å². The zero-order valence-corrected chi connectivity index (χ0v) is 10.7. The molecule has 0 saturated carbocycles. The van der Waals surface area contributed by atoms with E-state index in [4.69, 9.17) is 4.74 Å². The zero-order chi connectivity index (χ0) is 13.7. The van der Waals surface area contributed by atoms with E-state index in [-0.39, 0.29) is 23.4 Å². The van der Waals surface area contributed by atoms with E-state index in [9.17, 15) is 15.2 Å². The molecular weight excluding hydrogens is 236 g/mol. The highest BCUT2D eigenvalue weighted by Gasteiger charge is 2.19. The predicted octanol–water partition coefficient (Wildman–Crippen LogP) is 2.38. The zero-order valence-electron chi connectivity index (χ0n) is 10.7. The summed E-state index contributed by atoms with van der Waals surface area (Å²) in [5.74, 6) is 0.137. The fourth-order valence-electron chi connectivity index (χ4n) is 1.57. The molecule has 0 aliphatic rings. The Balaban J connectivity index is 2.98. The number of ether oxygens (including phenoxy) is 1. The first-order valence-corrected chi connectivity index (χ1v) is 5.68. The number of hydrogen-bond donors (Lipinski definition) is 2. The maximum absolute atomic E-state index is 10.9. The van der Waals surface area contributed by atoms with Crippen LogP contribution in [-0.2, 0) is 4.74 Å². The maximum Gasteiger partial charge on any atom is 0.296 e. The highest BCUT2D eigenvalue weighted by molar-refractivity contribution is 5.64. The second kappa shape index (κ2) is 6.20. The highest BCUT2D eigenvalue weighted by Crippen LogP contribution is 2.29. The first kappa shape index (κ1) is 14.2. The van der Waals surface area contributed by atoms with Crippen molar-refractivity contribution in [3.8, 4) is 5.75 Å². The van der Waals surface area contributed by atoms with Crippen LogP contribution < -0.4 is 5.32 Å². The molecule has 100 valence electrons. The number of nitro groups is 1. The van der Waals surface area contributed by atoms with E-state index >= 15 is 0 Å². The Kier molecular flexibility index (Phi) is 4.91. The second-order valence-corrected chi connectivity index (χ2v) is 4.41. The number of hydrogen-bond acceptors (Lipinski definition) is 5. The van der Waals surface area contributed by atoms with Crippen molar-refractivity contribution in [1.82, 2.24) is 0 Å². The van der Waals surface area contributed by atoms with Gasteiger partial charge in [-0.1, -0.05) is 13.8 Å². The van der Waals surface area contributed by atoms with Gasteiger partial charge in [-0.05, 0) is 18.1 Å². The maximum atomic E-state index is 10.9. The van der Waals surface area contributed by atoms with Crippen LogP contribution in [0.1, 0.15) is 13.8 Å². The molecule has 0 aliphatic carbocycles. The third-order valence-corrected chi connectivity index (χ3v) is 2.67. The van der Waals surface area contributed by atoms with Crippen LogP contribution in [0.5, 0.6) is 5.75 Å². The molecule has 1 atom stereocenters. The van der Waals surface area contributed by atoms with E-state index in [0.29, 0.717) is 12.3 Å². The van der Waals surface area contributed by atoms with Crippen LogP contribution >= 0.6 is 0 Å². The number of anilines is 1. The van der Waals surface area contributed by atoms with Gasteiger partial charge in [-0.2, -0.15) is 0 Å². The highest BCUT2D eigenvalue weighted by atomic mass is 16.6. The molecule has 0 radical (unpaired) electrons. The standard InChI is InChI=1S/C12H18N2O4/c1-8(2)11(7-18-3)13-10-5-4-9(15)6-12(10)14(16)17/h4-6,8,11,13,15H,7H2,1-3H3. The Morgan fingerprint density at radius 1 is 1.50 bits per heavy atom. The average Bonchev–Trinajstić information content (AvgIpc) is 2.30. The van der Waals surface area contributed by atoms with Gasteiger partial charge in [-0.3, -0.25) is 10.1 Å². The number of methoxy groups -OCH3 is 1. The summed E-state index contributed by atoms with van der Waals surface area (Å²) in [6.07, 6.45) is 0. The topological polar surface area (TPSA) is 84.6 Å². The number of nitro benzene ring substituents is 1. The lowest BCUT2D eigenvalue weighted by molar-refractivity contribution is -0.384. The Morgan fingerprint density at radius 3 is 2.67 bits per heavy atom. The quantitative estimate of drug-likeness (QED) is 0.462. The van der Waals surface area contributed by atoms with Gasteiger partial charge in [-0.15, -0.1) is 0 Å². The summed E-state index contributed by atoms with van der Waals surface area (Å²) < 4.78 is 5.08. The van der Waals surface area contributed by atoms with Crippen molar-refractivity contribution in [2.24, 2.45) is 5.92 Å². The van der Waals surface area contributed by atoms with Crippen molar-refractivity contribution in [2.75, 3.05) is 19.0 Å². The van der Waals surface area contributed by atoms with Gasteiger partial charge in [0.25, 0.3) is 5.69 Å². The van der Waals surface area contributed by atoms with E-state index in [0.717, 1.165) is 6.07 Å². The molecule has 18 heavy (non-hydrogen) atoms. The molecule has 0 bridgehead atoms. The van der Waals surface area contributed by atoms with Gasteiger partial charge in [0.1, 0.15) is 11.4 Å². The molecular formula is C12H18N2O4. The van der Waals surface area contributed by atoms with Crippen LogP contribution in [0.25, 0.3) is 0 Å². The van der Waals surface area contributed by atoms with Gasteiger partial charge in [0.15, 0.2) is 0 Å². The Morgan fingerprint density at radius 2 is 2.17 bits per heavy atom. The summed E-state index contributed by atoms with van der Waals surface area (Å²) in [4.78, 5) is 10.4. The van der Waals surface area contributed by atoms with Crippen LogP contribution in [0.2, 0.25) is 0 Å². The van der Waals surface area contributed by atoms with Crippen molar-refractivity contribution in [3.63, 3.8) is 0 Å². The monoisotopic (exact) mass is 254 g/mol. The average molecular weight is 254 g/mol. The molecule has 0 heterocycles. The van der Waals surface area contributed by atoms with Crippen molar-refractivity contribution in [2.45, 2.75) is 19.9 Å². The molecule has 0 spiro atoms. The lowest BCUT2D eigenvalue weighted by Gasteiger charge is -2.22. The normalized spacial score (nSPS) is 12.4. The van der Waals surface area contributed by atoms with Crippen LogP contribution in [0.15, 0.2) is 18.2 Å². The van der Waals surface area contributed by atoms with E-state index < -0.39 is 4.92 Å². The van der Waals surface area contributed by atoms with Crippen LogP contribution in [0.4, 0.5) is 11.4 Å². The van der Waals surface area contributed by atoms with E-state index in [1.165, 1.54) is 12.1 Å². The fraction of sp³-hybridized carbons (Fsp3) is 0.500. The molecule has 1 rings (SSSR count). The summed E-state index contributed by atoms with van der Waals surface area (Å²) in [7, 11) is 1.59. The number of phenolic OH excluding ortho intramolecular Hbond substituents is 1. The van der Waals surface area contributed by atoms with Crippen LogP contribution in [0, 0.1) is 16.0 Å². The Hall–Kier alpha value is -1.82. The third-order valence-electron chi connectivity index (χ3n) is 2.67. The number of rotatable bonds is 6. The SMILES string of the molecule is COCC(Nc1ccc(O)cc1[N+](=O)[O-])C(C)C. The van der Waals surface area contributed by atoms with Gasteiger partial charge >= 0.3 is 0 Å². The summed E-state index contributed by atoms with van der Waals surface area (Å²) >= 11 is 0. The van der Waals surface area contributed by atoms with Gasteiger partial charge in [0.2, 0.25) is 0 Å². The molecule has 1 unspecified atom stereocenters. The second-order valence-electron chi connectivity index (χ2n) is 4.41. The van der Waals surface area contributed by atoms with Gasteiger partial charge in [0.05, 0.1) is 23.6 Å². The molecule has 0 aliphatic heterocycles. The van der Waals surface area contributed by atoms with Crippen molar-refractivity contribution >= 4 is 11.4 Å². The minimum Gasteiger partial charge on any atom is -0.508 e. The first-order chi connectivity index (χ1) is 8.45. The van der Waals surface area contributed by atoms with Gasteiger partial charge in [0, 0.05) is 7.11 Å². The summed E-state index contributed by atoms with van der Waals surface area (Å²) in [5, 5.41) is 23.3. The molecule has 0 amide bonds. The molecule has 1 aromatic carbocycles. The Bertz CT molecular complexity index is 421. The van der Waals surface area contributed by atoms with Crippen molar-refractivity contribution in [1.29, 1.82) is 0 Å². The van der Waals surface area contributed by atoms with Crippen molar-refractivity contribution < 1.29 is 14.8 Å². The molecule has 0 fully saturated rings. The predicted molar refractivity (Wildman–Crippen MR) is 68.9 cm³/mol. The minimum absolute atomic E-state index is 0.0294. The molecule has 1 aromatic rings. The molecule has 2 N–H and O–H groups in total. The number of benzene rings is 1. The number of nitrogens with one attached hydrogen (secondary N) is 1. The fourth-order valence-corrected chi connectivity index (χ4v) is 1.57. The summed E-state index contributed by atoms with van der Waals surface area (Å²) in [5.41, 5.74) is 0.241. The molecule has 0 aromatic heterocycles. The smallest absolute Gasteiger partial charge is 0.296 e. The van der Waals surface area contributed by atoms with E-state index in [1.807, 2.05) is 13.8 Å². The molecule has 6 heteroatoms.